The molecule has 0 saturated carbocycles. The molecule has 0 radical (unpaired) electrons. The Morgan fingerprint density at radius 2 is 1.42 bits per heavy atom. The van der Waals surface area contributed by atoms with Crippen molar-refractivity contribution in [3.05, 3.63) is 96.7 Å². The Labute approximate surface area is 152 Å². The molecular formula is C22H19NO3. The SMILES string of the molecule is COc1ccc(C(=O)/C=C/Nc2ccc(Oc3ccccc3)cc2)cc1. The number of hydrogen-bond donors (Lipinski definition) is 1. The standard InChI is InChI=1S/C22H19NO3/c1-25-19-11-7-17(8-12-19)22(24)15-16-23-18-9-13-21(14-10-18)26-20-5-3-2-4-6-20/h2-16,23H,1H3/b16-15+. The Balaban J connectivity index is 1.55. The molecule has 0 unspecified atom stereocenters. The molecule has 4 heteroatoms. The fourth-order valence-corrected chi connectivity index (χ4v) is 2.31. The molecule has 26 heavy (non-hydrogen) atoms. The minimum atomic E-state index is -0.0795. The van der Waals surface area contributed by atoms with Crippen LogP contribution < -0.4 is 14.8 Å². The maximum Gasteiger partial charge on any atom is 0.187 e. The quantitative estimate of drug-likeness (QED) is 0.466. The van der Waals surface area contributed by atoms with E-state index in [1.54, 1.807) is 37.6 Å². The molecule has 0 atom stereocenters. The maximum absolute atomic E-state index is 12.1. The summed E-state index contributed by atoms with van der Waals surface area (Å²) in [6.45, 7) is 0. The van der Waals surface area contributed by atoms with Crippen LogP contribution in [-0.4, -0.2) is 12.9 Å². The van der Waals surface area contributed by atoms with E-state index in [2.05, 4.69) is 5.32 Å². The van der Waals surface area contributed by atoms with Crippen molar-refractivity contribution in [1.82, 2.24) is 0 Å². The molecule has 0 aliphatic rings. The van der Waals surface area contributed by atoms with Gasteiger partial charge in [-0.1, -0.05) is 18.2 Å². The lowest BCUT2D eigenvalue weighted by atomic mass is 10.1. The summed E-state index contributed by atoms with van der Waals surface area (Å²) in [7, 11) is 1.59. The molecular weight excluding hydrogens is 326 g/mol. The Bertz CT molecular complexity index is 870. The van der Waals surface area contributed by atoms with Gasteiger partial charge in [0.15, 0.2) is 5.78 Å². The summed E-state index contributed by atoms with van der Waals surface area (Å²) in [6.07, 6.45) is 3.12. The summed E-state index contributed by atoms with van der Waals surface area (Å²) in [5.74, 6) is 2.18. The first kappa shape index (κ1) is 17.3. The monoisotopic (exact) mass is 345 g/mol. The normalized spacial score (nSPS) is 10.5. The molecule has 0 bridgehead atoms. The van der Waals surface area contributed by atoms with Crippen molar-refractivity contribution in [1.29, 1.82) is 0 Å². The second kappa shape index (κ2) is 8.53. The lowest BCUT2D eigenvalue weighted by Gasteiger charge is -2.06. The number of benzene rings is 3. The number of nitrogens with one attached hydrogen (secondary N) is 1. The number of allylic oxidation sites excluding steroid dienone is 1. The van der Waals surface area contributed by atoms with Crippen molar-refractivity contribution in [2.45, 2.75) is 0 Å². The van der Waals surface area contributed by atoms with Crippen molar-refractivity contribution in [2.75, 3.05) is 12.4 Å². The van der Waals surface area contributed by atoms with Gasteiger partial charge in [-0.3, -0.25) is 4.79 Å². The van der Waals surface area contributed by atoms with Crippen molar-refractivity contribution in [2.24, 2.45) is 0 Å². The number of rotatable bonds is 7. The average molecular weight is 345 g/mol. The Morgan fingerprint density at radius 3 is 2.08 bits per heavy atom. The van der Waals surface area contributed by atoms with Gasteiger partial charge in [0.1, 0.15) is 17.2 Å². The molecule has 0 aliphatic heterocycles. The minimum Gasteiger partial charge on any atom is -0.497 e. The van der Waals surface area contributed by atoms with E-state index in [9.17, 15) is 4.79 Å². The molecule has 0 aromatic heterocycles. The van der Waals surface area contributed by atoms with Gasteiger partial charge < -0.3 is 14.8 Å². The van der Waals surface area contributed by atoms with Crippen LogP contribution in [0.25, 0.3) is 0 Å². The minimum absolute atomic E-state index is 0.0795. The van der Waals surface area contributed by atoms with Crippen molar-refractivity contribution in [3.8, 4) is 17.2 Å². The highest BCUT2D eigenvalue weighted by molar-refractivity contribution is 6.04. The molecule has 1 N–H and O–H groups in total. The van der Waals surface area contributed by atoms with Gasteiger partial charge in [0.2, 0.25) is 0 Å². The number of hydrogen-bond acceptors (Lipinski definition) is 4. The third kappa shape index (κ3) is 4.74. The summed E-state index contributed by atoms with van der Waals surface area (Å²) in [5.41, 5.74) is 1.47. The third-order valence-corrected chi connectivity index (χ3v) is 3.69. The predicted octanol–water partition coefficient (Wildman–Crippen LogP) is 5.30. The molecule has 0 fully saturated rings. The van der Waals surface area contributed by atoms with Crippen molar-refractivity contribution >= 4 is 11.5 Å². The third-order valence-electron chi connectivity index (χ3n) is 3.69. The molecule has 0 amide bonds. The smallest absolute Gasteiger partial charge is 0.187 e. The second-order valence-corrected chi connectivity index (χ2v) is 5.51. The van der Waals surface area contributed by atoms with Gasteiger partial charge in [-0.25, -0.2) is 0 Å². The van der Waals surface area contributed by atoms with E-state index in [1.807, 2.05) is 54.6 Å². The first-order valence-corrected chi connectivity index (χ1v) is 8.19. The number of anilines is 1. The molecule has 0 saturated heterocycles. The van der Waals surface area contributed by atoms with Gasteiger partial charge in [0.25, 0.3) is 0 Å². The van der Waals surface area contributed by atoms with Crippen molar-refractivity contribution in [3.63, 3.8) is 0 Å². The predicted molar refractivity (Wildman–Crippen MR) is 103 cm³/mol. The summed E-state index contributed by atoms with van der Waals surface area (Å²) < 4.78 is 10.8. The van der Waals surface area contributed by atoms with E-state index in [-0.39, 0.29) is 5.78 Å². The fourth-order valence-electron chi connectivity index (χ4n) is 2.31. The van der Waals surface area contributed by atoms with Crippen LogP contribution in [0.1, 0.15) is 10.4 Å². The highest BCUT2D eigenvalue weighted by atomic mass is 16.5. The maximum atomic E-state index is 12.1. The summed E-state index contributed by atoms with van der Waals surface area (Å²) in [5, 5.41) is 3.08. The van der Waals surface area contributed by atoms with Crippen LogP contribution in [0.15, 0.2) is 91.1 Å². The van der Waals surface area contributed by atoms with Crippen LogP contribution in [0, 0.1) is 0 Å². The summed E-state index contributed by atoms with van der Waals surface area (Å²) >= 11 is 0. The molecule has 130 valence electrons. The topological polar surface area (TPSA) is 47.6 Å². The molecule has 3 aromatic carbocycles. The zero-order valence-electron chi connectivity index (χ0n) is 14.4. The summed E-state index contributed by atoms with van der Waals surface area (Å²) in [6, 6.07) is 24.1. The zero-order chi connectivity index (χ0) is 18.2. The Kier molecular flexibility index (Phi) is 5.68. The number of ketones is 1. The van der Waals surface area contributed by atoms with Crippen molar-refractivity contribution < 1.29 is 14.3 Å². The zero-order valence-corrected chi connectivity index (χ0v) is 14.4. The molecule has 0 spiro atoms. The summed E-state index contributed by atoms with van der Waals surface area (Å²) in [4.78, 5) is 12.1. The Hall–Kier alpha value is -3.53. The number of carbonyl (C=O) groups is 1. The van der Waals surface area contributed by atoms with E-state index in [1.165, 1.54) is 6.08 Å². The number of ether oxygens (including phenoxy) is 2. The van der Waals surface area contributed by atoms with Crippen LogP contribution in [0.3, 0.4) is 0 Å². The van der Waals surface area contributed by atoms with Crippen LogP contribution in [0.4, 0.5) is 5.69 Å². The lowest BCUT2D eigenvalue weighted by molar-refractivity contribution is 0.104. The van der Waals surface area contributed by atoms with Crippen LogP contribution in [-0.2, 0) is 0 Å². The van der Waals surface area contributed by atoms with E-state index in [0.29, 0.717) is 5.56 Å². The molecule has 0 heterocycles. The highest BCUT2D eigenvalue weighted by Crippen LogP contribution is 2.22. The van der Waals surface area contributed by atoms with Crippen LogP contribution in [0.2, 0.25) is 0 Å². The number of para-hydroxylation sites is 1. The molecule has 4 nitrogen and oxygen atoms in total. The Morgan fingerprint density at radius 1 is 0.808 bits per heavy atom. The first-order chi connectivity index (χ1) is 12.7. The van der Waals surface area contributed by atoms with E-state index in [4.69, 9.17) is 9.47 Å². The van der Waals surface area contributed by atoms with E-state index in [0.717, 1.165) is 22.9 Å². The van der Waals surface area contributed by atoms with E-state index < -0.39 is 0 Å². The largest absolute Gasteiger partial charge is 0.497 e. The highest BCUT2D eigenvalue weighted by Gasteiger charge is 2.01. The van der Waals surface area contributed by atoms with Gasteiger partial charge in [0.05, 0.1) is 7.11 Å². The van der Waals surface area contributed by atoms with Gasteiger partial charge >= 0.3 is 0 Å². The van der Waals surface area contributed by atoms with Crippen LogP contribution >= 0.6 is 0 Å². The fraction of sp³-hybridized carbons (Fsp3) is 0.0455. The molecule has 3 aromatic rings. The van der Waals surface area contributed by atoms with Gasteiger partial charge in [-0.05, 0) is 60.7 Å². The second-order valence-electron chi connectivity index (χ2n) is 5.51. The molecule has 0 aliphatic carbocycles. The van der Waals surface area contributed by atoms with Crippen LogP contribution in [0.5, 0.6) is 17.2 Å². The first-order valence-electron chi connectivity index (χ1n) is 8.19. The average Bonchev–Trinajstić information content (AvgIpc) is 2.70. The van der Waals surface area contributed by atoms with Gasteiger partial charge in [-0.2, -0.15) is 0 Å². The lowest BCUT2D eigenvalue weighted by Crippen LogP contribution is -1.96. The van der Waals surface area contributed by atoms with Gasteiger partial charge in [0, 0.05) is 23.5 Å². The number of carbonyl (C=O) groups excluding carboxylic acids is 1. The number of methoxy groups -OCH3 is 1. The van der Waals surface area contributed by atoms with Gasteiger partial charge in [-0.15, -0.1) is 0 Å². The molecule has 3 rings (SSSR count). The van der Waals surface area contributed by atoms with E-state index >= 15 is 0 Å².